The van der Waals surface area contributed by atoms with Gasteiger partial charge in [0.05, 0.1) is 13.7 Å². The summed E-state index contributed by atoms with van der Waals surface area (Å²) in [5.74, 6) is 0.375. The lowest BCUT2D eigenvalue weighted by Crippen LogP contribution is -2.24. The Labute approximate surface area is 99.1 Å². The number of methoxy groups -OCH3 is 1. The maximum atomic E-state index is 11.3. The zero-order chi connectivity index (χ0) is 12.8. The number of carbonyl (C=O) groups is 2. The smallest absolute Gasteiger partial charge is 0.341 e. The summed E-state index contributed by atoms with van der Waals surface area (Å²) < 4.78 is 9.91. The summed E-state index contributed by atoms with van der Waals surface area (Å²) in [6.45, 7) is 2.20. The molecule has 1 rings (SSSR count). The minimum absolute atomic E-state index is 0.152. The van der Waals surface area contributed by atoms with E-state index >= 15 is 0 Å². The topological polar surface area (TPSA) is 94.6 Å². The van der Waals surface area contributed by atoms with E-state index in [2.05, 4.69) is 10.1 Å². The van der Waals surface area contributed by atoms with Gasteiger partial charge in [0.15, 0.2) is 0 Å². The number of nitrogens with two attached hydrogens (primary N) is 1. The van der Waals surface area contributed by atoms with Gasteiger partial charge in [0.1, 0.15) is 17.1 Å². The molecule has 6 heteroatoms. The van der Waals surface area contributed by atoms with Crippen LogP contribution in [0.25, 0.3) is 0 Å². The molecule has 0 fully saturated rings. The maximum Gasteiger partial charge on any atom is 0.341 e. The molecule has 0 aliphatic heterocycles. The molecule has 0 aromatic carbocycles. The third-order valence-electron chi connectivity index (χ3n) is 2.21. The summed E-state index contributed by atoms with van der Waals surface area (Å²) in [5, 5.41) is 2.63. The van der Waals surface area contributed by atoms with Gasteiger partial charge in [-0.3, -0.25) is 4.79 Å². The molecule has 0 bridgehead atoms. The van der Waals surface area contributed by atoms with Crippen LogP contribution < -0.4 is 11.1 Å². The molecule has 0 aliphatic carbocycles. The highest BCUT2D eigenvalue weighted by Gasteiger charge is 2.15. The molecule has 0 aliphatic rings. The first kappa shape index (κ1) is 13.2. The Bertz CT molecular complexity index is 412. The molecule has 1 aromatic rings. The number of rotatable bonds is 5. The van der Waals surface area contributed by atoms with E-state index in [1.165, 1.54) is 7.11 Å². The average Bonchev–Trinajstić information content (AvgIpc) is 2.67. The van der Waals surface area contributed by atoms with Crippen LogP contribution in [0.15, 0.2) is 10.5 Å². The van der Waals surface area contributed by atoms with E-state index in [1.54, 1.807) is 13.0 Å². The summed E-state index contributed by atoms with van der Waals surface area (Å²) in [7, 11) is 1.30. The van der Waals surface area contributed by atoms with Gasteiger partial charge in [-0.1, -0.05) is 0 Å². The van der Waals surface area contributed by atoms with Crippen molar-refractivity contribution in [3.63, 3.8) is 0 Å². The van der Waals surface area contributed by atoms with Crippen molar-refractivity contribution in [2.24, 2.45) is 5.73 Å². The molecule has 1 aromatic heterocycles. The number of amides is 1. The third-order valence-corrected chi connectivity index (χ3v) is 2.21. The summed E-state index contributed by atoms with van der Waals surface area (Å²) in [4.78, 5) is 22.5. The number of esters is 1. The van der Waals surface area contributed by atoms with Crippen LogP contribution in [0.1, 0.15) is 28.3 Å². The minimum atomic E-state index is -0.453. The Morgan fingerprint density at radius 3 is 2.82 bits per heavy atom. The first-order valence-electron chi connectivity index (χ1n) is 5.23. The third kappa shape index (κ3) is 3.60. The lowest BCUT2D eigenvalue weighted by Gasteiger charge is -2.00. The van der Waals surface area contributed by atoms with E-state index in [1.807, 2.05) is 0 Å². The SMILES string of the molecule is COC(=O)c1cc(CNC(=O)CCN)oc1C. The van der Waals surface area contributed by atoms with Crippen LogP contribution >= 0.6 is 0 Å². The van der Waals surface area contributed by atoms with Gasteiger partial charge in [-0.05, 0) is 13.0 Å². The van der Waals surface area contributed by atoms with Crippen molar-refractivity contribution < 1.29 is 18.7 Å². The van der Waals surface area contributed by atoms with E-state index in [4.69, 9.17) is 10.2 Å². The Morgan fingerprint density at radius 2 is 2.24 bits per heavy atom. The number of aryl methyl sites for hydroxylation is 1. The van der Waals surface area contributed by atoms with Gasteiger partial charge < -0.3 is 20.2 Å². The molecule has 0 saturated carbocycles. The zero-order valence-electron chi connectivity index (χ0n) is 9.91. The van der Waals surface area contributed by atoms with Crippen molar-refractivity contribution in [3.05, 3.63) is 23.2 Å². The van der Waals surface area contributed by atoms with Crippen LogP contribution in [0.5, 0.6) is 0 Å². The molecular weight excluding hydrogens is 224 g/mol. The van der Waals surface area contributed by atoms with E-state index in [0.29, 0.717) is 23.6 Å². The van der Waals surface area contributed by atoms with Crippen LogP contribution in [0.4, 0.5) is 0 Å². The number of ether oxygens (including phenoxy) is 1. The Balaban J connectivity index is 2.61. The van der Waals surface area contributed by atoms with Gasteiger partial charge in [-0.2, -0.15) is 0 Å². The van der Waals surface area contributed by atoms with Crippen molar-refractivity contribution in [1.82, 2.24) is 5.32 Å². The van der Waals surface area contributed by atoms with E-state index in [0.717, 1.165) is 0 Å². The van der Waals surface area contributed by atoms with Crippen LogP contribution in [-0.4, -0.2) is 25.5 Å². The van der Waals surface area contributed by atoms with Crippen LogP contribution in [0.2, 0.25) is 0 Å². The number of hydrogen-bond acceptors (Lipinski definition) is 5. The minimum Gasteiger partial charge on any atom is -0.465 e. The lowest BCUT2D eigenvalue weighted by molar-refractivity contribution is -0.121. The molecule has 0 radical (unpaired) electrons. The second kappa shape index (κ2) is 6.05. The van der Waals surface area contributed by atoms with Crippen molar-refractivity contribution >= 4 is 11.9 Å². The largest absolute Gasteiger partial charge is 0.465 e. The molecule has 1 amide bonds. The molecule has 6 nitrogen and oxygen atoms in total. The van der Waals surface area contributed by atoms with E-state index in [-0.39, 0.29) is 18.9 Å². The number of furan rings is 1. The first-order chi connectivity index (χ1) is 8.08. The van der Waals surface area contributed by atoms with E-state index < -0.39 is 5.97 Å². The fraction of sp³-hybridized carbons (Fsp3) is 0.455. The van der Waals surface area contributed by atoms with Gasteiger partial charge in [0.2, 0.25) is 5.91 Å². The Hall–Kier alpha value is -1.82. The lowest BCUT2D eigenvalue weighted by atomic mass is 10.2. The standard InChI is InChI=1S/C11H16N2O4/c1-7-9(11(15)16-2)5-8(17-7)6-13-10(14)3-4-12/h5H,3-4,6,12H2,1-2H3,(H,13,14). The zero-order valence-corrected chi connectivity index (χ0v) is 9.91. The molecule has 3 N–H and O–H groups in total. The Morgan fingerprint density at radius 1 is 1.53 bits per heavy atom. The normalized spacial score (nSPS) is 10.1. The molecule has 0 atom stereocenters. The first-order valence-corrected chi connectivity index (χ1v) is 5.23. The summed E-state index contributed by atoms with van der Waals surface area (Å²) >= 11 is 0. The van der Waals surface area contributed by atoms with Crippen LogP contribution in [0, 0.1) is 6.92 Å². The fourth-order valence-corrected chi connectivity index (χ4v) is 1.35. The van der Waals surface area contributed by atoms with Gasteiger partial charge in [0.25, 0.3) is 0 Å². The molecule has 94 valence electrons. The van der Waals surface area contributed by atoms with Gasteiger partial charge >= 0.3 is 5.97 Å². The second-order valence-corrected chi connectivity index (χ2v) is 3.49. The molecule has 17 heavy (non-hydrogen) atoms. The average molecular weight is 240 g/mol. The van der Waals surface area contributed by atoms with Crippen LogP contribution in [-0.2, 0) is 16.1 Å². The van der Waals surface area contributed by atoms with Gasteiger partial charge in [-0.25, -0.2) is 4.79 Å². The summed E-state index contributed by atoms with van der Waals surface area (Å²) in [6.07, 6.45) is 0.267. The molecule has 0 unspecified atom stereocenters. The predicted molar refractivity (Wildman–Crippen MR) is 60.3 cm³/mol. The number of hydrogen-bond donors (Lipinski definition) is 2. The second-order valence-electron chi connectivity index (χ2n) is 3.49. The highest BCUT2D eigenvalue weighted by atomic mass is 16.5. The van der Waals surface area contributed by atoms with Crippen LogP contribution in [0.3, 0.4) is 0 Å². The van der Waals surface area contributed by atoms with Gasteiger partial charge in [-0.15, -0.1) is 0 Å². The quantitative estimate of drug-likeness (QED) is 0.724. The van der Waals surface area contributed by atoms with Gasteiger partial charge in [0, 0.05) is 13.0 Å². The molecular formula is C11H16N2O4. The number of carbonyl (C=O) groups excluding carboxylic acids is 2. The highest BCUT2D eigenvalue weighted by molar-refractivity contribution is 5.90. The highest BCUT2D eigenvalue weighted by Crippen LogP contribution is 2.15. The molecule has 0 spiro atoms. The summed E-state index contributed by atoms with van der Waals surface area (Å²) in [6, 6.07) is 1.56. The van der Waals surface area contributed by atoms with Crippen molar-refractivity contribution in [3.8, 4) is 0 Å². The fourth-order valence-electron chi connectivity index (χ4n) is 1.35. The van der Waals surface area contributed by atoms with Crippen molar-refractivity contribution in [2.75, 3.05) is 13.7 Å². The van der Waals surface area contributed by atoms with E-state index in [9.17, 15) is 9.59 Å². The molecule has 0 saturated heterocycles. The summed E-state index contributed by atoms with van der Waals surface area (Å²) in [5.41, 5.74) is 5.61. The monoisotopic (exact) mass is 240 g/mol. The Kier molecular flexibility index (Phi) is 4.71. The molecule has 1 heterocycles. The van der Waals surface area contributed by atoms with Crippen molar-refractivity contribution in [1.29, 1.82) is 0 Å². The maximum absolute atomic E-state index is 11.3. The number of nitrogens with one attached hydrogen (secondary N) is 1. The van der Waals surface area contributed by atoms with Crippen molar-refractivity contribution in [2.45, 2.75) is 19.9 Å². The predicted octanol–water partition coefficient (Wildman–Crippen LogP) is 0.340.